The Hall–Kier alpha value is -2.48. The summed E-state index contributed by atoms with van der Waals surface area (Å²) in [6, 6.07) is 4.19. The van der Waals surface area contributed by atoms with E-state index < -0.39 is 4.92 Å². The minimum atomic E-state index is -0.583. The molecule has 114 valence electrons. The molecule has 9 heteroatoms. The van der Waals surface area contributed by atoms with E-state index in [-0.39, 0.29) is 22.5 Å². The summed E-state index contributed by atoms with van der Waals surface area (Å²) >= 11 is 5.75. The Labute approximate surface area is 130 Å². The van der Waals surface area contributed by atoms with Crippen molar-refractivity contribution in [1.82, 2.24) is 15.4 Å². The van der Waals surface area contributed by atoms with Crippen LogP contribution in [0.5, 0.6) is 0 Å². The highest BCUT2D eigenvalue weighted by molar-refractivity contribution is 6.32. The van der Waals surface area contributed by atoms with Gasteiger partial charge in [-0.05, 0) is 25.0 Å². The number of aryl methyl sites for hydroxylation is 1. The van der Waals surface area contributed by atoms with Gasteiger partial charge in [-0.3, -0.25) is 14.9 Å². The Balaban J connectivity index is 1.72. The first-order valence-electron chi connectivity index (χ1n) is 6.68. The highest BCUT2D eigenvalue weighted by Crippen LogP contribution is 2.28. The number of halogens is 1. The molecule has 0 bridgehead atoms. The highest BCUT2D eigenvalue weighted by atomic mass is 35.5. The van der Waals surface area contributed by atoms with Crippen LogP contribution in [0.2, 0.25) is 5.02 Å². The zero-order chi connectivity index (χ0) is 15.7. The summed E-state index contributed by atoms with van der Waals surface area (Å²) in [5.74, 6) is -0.419. The largest absolute Gasteiger partial charge is 0.326 e. The number of aromatic amines is 1. The van der Waals surface area contributed by atoms with Gasteiger partial charge in [-0.1, -0.05) is 11.6 Å². The lowest BCUT2D eigenvalue weighted by Gasteiger charge is -2.19. The molecule has 0 fully saturated rings. The van der Waals surface area contributed by atoms with E-state index in [1.165, 1.54) is 18.2 Å². The fourth-order valence-electron chi connectivity index (χ4n) is 2.48. The second kappa shape index (κ2) is 5.72. The van der Waals surface area contributed by atoms with Crippen LogP contribution in [0.25, 0.3) is 0 Å². The number of benzene rings is 1. The van der Waals surface area contributed by atoms with Crippen molar-refractivity contribution in [3.63, 3.8) is 0 Å². The Morgan fingerprint density at radius 1 is 1.41 bits per heavy atom. The lowest BCUT2D eigenvalue weighted by atomic mass is 9.89. The van der Waals surface area contributed by atoms with Gasteiger partial charge in [0.1, 0.15) is 5.02 Å². The lowest BCUT2D eigenvalue weighted by molar-refractivity contribution is -0.384. The smallest absolute Gasteiger partial charge is 0.289 e. The topological polar surface area (TPSA) is 114 Å². The number of nitro benzene ring substituents is 1. The molecule has 8 nitrogen and oxygen atoms in total. The number of nitrogens with one attached hydrogen (secondary N) is 2. The van der Waals surface area contributed by atoms with Crippen LogP contribution in [0.1, 0.15) is 17.8 Å². The number of carbonyl (C=O) groups excluding carboxylic acids is 1. The van der Waals surface area contributed by atoms with Crippen LogP contribution in [0, 0.1) is 16.0 Å². The van der Waals surface area contributed by atoms with Crippen LogP contribution in [0.4, 0.5) is 11.4 Å². The van der Waals surface area contributed by atoms with Crippen LogP contribution >= 0.6 is 11.6 Å². The quantitative estimate of drug-likeness (QED) is 0.663. The van der Waals surface area contributed by atoms with Crippen molar-refractivity contribution in [2.75, 3.05) is 5.32 Å². The highest BCUT2D eigenvalue weighted by Gasteiger charge is 2.27. The molecule has 1 heterocycles. The molecule has 1 amide bonds. The molecule has 2 N–H and O–H groups in total. The normalized spacial score (nSPS) is 16.9. The van der Waals surface area contributed by atoms with E-state index in [4.69, 9.17) is 11.6 Å². The number of amides is 1. The zero-order valence-electron chi connectivity index (χ0n) is 11.4. The number of carbonyl (C=O) groups is 1. The fraction of sp³-hybridized carbons (Fsp3) is 0.308. The van der Waals surface area contributed by atoms with Crippen molar-refractivity contribution in [3.8, 4) is 0 Å². The molecule has 2 aromatic rings. The monoisotopic (exact) mass is 321 g/mol. The van der Waals surface area contributed by atoms with Gasteiger partial charge in [-0.15, -0.1) is 0 Å². The van der Waals surface area contributed by atoms with Gasteiger partial charge in [0.25, 0.3) is 5.69 Å². The summed E-state index contributed by atoms with van der Waals surface area (Å²) in [7, 11) is 0. The summed E-state index contributed by atoms with van der Waals surface area (Å²) in [5.41, 5.74) is 1.81. The predicted octanol–water partition coefficient (Wildman–Crippen LogP) is 2.11. The van der Waals surface area contributed by atoms with Crippen LogP contribution < -0.4 is 5.32 Å². The second-order valence-electron chi connectivity index (χ2n) is 5.07. The maximum atomic E-state index is 12.3. The second-order valence-corrected chi connectivity index (χ2v) is 5.48. The van der Waals surface area contributed by atoms with Crippen LogP contribution in [0.15, 0.2) is 18.2 Å². The van der Waals surface area contributed by atoms with Crippen molar-refractivity contribution >= 4 is 28.9 Å². The van der Waals surface area contributed by atoms with Gasteiger partial charge >= 0.3 is 0 Å². The van der Waals surface area contributed by atoms with Crippen molar-refractivity contribution < 1.29 is 9.72 Å². The number of fused-ring (bicyclic) bond motifs is 1. The van der Waals surface area contributed by atoms with E-state index in [1.807, 2.05) is 0 Å². The summed E-state index contributed by atoms with van der Waals surface area (Å²) < 4.78 is 0. The van der Waals surface area contributed by atoms with E-state index in [0.717, 1.165) is 11.4 Å². The van der Waals surface area contributed by atoms with Gasteiger partial charge in [-0.25, -0.2) is 0 Å². The van der Waals surface area contributed by atoms with Gasteiger partial charge in [0, 0.05) is 24.1 Å². The van der Waals surface area contributed by atoms with Crippen LogP contribution in [-0.2, 0) is 17.6 Å². The van der Waals surface area contributed by atoms with Crippen molar-refractivity contribution in [2.45, 2.75) is 19.3 Å². The van der Waals surface area contributed by atoms with Gasteiger partial charge < -0.3 is 5.32 Å². The summed E-state index contributed by atoms with van der Waals surface area (Å²) in [6.07, 6.45) is 1.86. The summed E-state index contributed by atoms with van der Waals surface area (Å²) in [6.45, 7) is 0. The molecule has 22 heavy (non-hydrogen) atoms. The van der Waals surface area contributed by atoms with E-state index in [9.17, 15) is 14.9 Å². The molecule has 0 aliphatic heterocycles. The fourth-order valence-corrected chi connectivity index (χ4v) is 2.67. The lowest BCUT2D eigenvalue weighted by Crippen LogP contribution is -2.28. The first-order chi connectivity index (χ1) is 10.5. The van der Waals surface area contributed by atoms with Gasteiger partial charge in [0.05, 0.1) is 16.3 Å². The van der Waals surface area contributed by atoms with E-state index >= 15 is 0 Å². The third-order valence-electron chi connectivity index (χ3n) is 3.65. The Morgan fingerprint density at radius 2 is 2.18 bits per heavy atom. The molecule has 0 radical (unpaired) electrons. The number of rotatable bonds is 3. The number of anilines is 1. The summed E-state index contributed by atoms with van der Waals surface area (Å²) in [4.78, 5) is 22.6. The third kappa shape index (κ3) is 2.77. The minimum Gasteiger partial charge on any atom is -0.326 e. The first-order valence-corrected chi connectivity index (χ1v) is 7.05. The molecule has 0 saturated carbocycles. The van der Waals surface area contributed by atoms with Gasteiger partial charge in [-0.2, -0.15) is 15.4 Å². The average Bonchev–Trinajstić information content (AvgIpc) is 2.96. The minimum absolute atomic E-state index is 0.0351. The molecule has 1 unspecified atom stereocenters. The van der Waals surface area contributed by atoms with Gasteiger partial charge in [0.15, 0.2) is 0 Å². The number of H-pyrrole nitrogens is 1. The van der Waals surface area contributed by atoms with Crippen molar-refractivity contribution in [1.29, 1.82) is 0 Å². The molecule has 1 aromatic heterocycles. The SMILES string of the molecule is O=C(Nc1ccc(Cl)c([N+](=O)[O-])c1)C1CCc2n[nH]nc2C1. The maximum absolute atomic E-state index is 12.3. The standard InChI is InChI=1S/C13H12ClN5O3/c14-9-3-2-8(6-12(9)19(21)22)15-13(20)7-1-4-10-11(5-7)17-18-16-10/h2-3,6-7H,1,4-5H2,(H,15,20)(H,16,17,18). The van der Waals surface area contributed by atoms with Crippen molar-refractivity contribution in [3.05, 3.63) is 44.7 Å². The number of nitro groups is 1. The predicted molar refractivity (Wildman–Crippen MR) is 78.6 cm³/mol. The zero-order valence-corrected chi connectivity index (χ0v) is 12.1. The molecule has 0 spiro atoms. The maximum Gasteiger partial charge on any atom is 0.289 e. The molecule has 0 saturated heterocycles. The van der Waals surface area contributed by atoms with Crippen LogP contribution in [-0.4, -0.2) is 26.2 Å². The van der Waals surface area contributed by atoms with Crippen molar-refractivity contribution in [2.24, 2.45) is 5.92 Å². The third-order valence-corrected chi connectivity index (χ3v) is 3.97. The molecule has 1 aliphatic rings. The Morgan fingerprint density at radius 3 is 2.95 bits per heavy atom. The van der Waals surface area contributed by atoms with Gasteiger partial charge in [0.2, 0.25) is 5.91 Å². The molecule has 1 aliphatic carbocycles. The number of nitrogens with zero attached hydrogens (tertiary/aromatic N) is 3. The molecule has 1 aromatic carbocycles. The Kier molecular flexibility index (Phi) is 3.76. The average molecular weight is 322 g/mol. The number of hydrogen-bond donors (Lipinski definition) is 2. The number of aromatic nitrogens is 3. The van der Waals surface area contributed by atoms with E-state index in [1.54, 1.807) is 0 Å². The molecular weight excluding hydrogens is 310 g/mol. The molecular formula is C13H12ClN5O3. The van der Waals surface area contributed by atoms with E-state index in [0.29, 0.717) is 24.9 Å². The molecule has 1 atom stereocenters. The van der Waals surface area contributed by atoms with E-state index in [2.05, 4.69) is 20.7 Å². The number of hydrogen-bond acceptors (Lipinski definition) is 5. The van der Waals surface area contributed by atoms with Crippen LogP contribution in [0.3, 0.4) is 0 Å². The first kappa shape index (κ1) is 14.5. The summed E-state index contributed by atoms with van der Waals surface area (Å²) in [5, 5.41) is 24.2. The molecule has 3 rings (SSSR count). The Bertz CT molecular complexity index is 745.